The second-order valence-electron chi connectivity index (χ2n) is 6.11. The van der Waals surface area contributed by atoms with E-state index in [2.05, 4.69) is 10.6 Å². The number of nitrogens with one attached hydrogen (secondary N) is 2. The summed E-state index contributed by atoms with van der Waals surface area (Å²) in [7, 11) is 1.66. The molecule has 2 aromatic rings. The molecule has 0 fully saturated rings. The Bertz CT molecular complexity index is 810. The van der Waals surface area contributed by atoms with E-state index < -0.39 is 0 Å². The molecule has 0 bridgehead atoms. The first-order valence-corrected chi connectivity index (χ1v) is 9.11. The number of benzene rings is 1. The molecule has 1 aliphatic carbocycles. The number of methoxy groups -OCH3 is 1. The fourth-order valence-corrected chi connectivity index (χ4v) is 4.72. The molecule has 24 heavy (non-hydrogen) atoms. The van der Waals surface area contributed by atoms with E-state index in [0.29, 0.717) is 0 Å². The van der Waals surface area contributed by atoms with Crippen molar-refractivity contribution in [2.24, 2.45) is 0 Å². The van der Waals surface area contributed by atoms with Gasteiger partial charge in [-0.3, -0.25) is 4.79 Å². The van der Waals surface area contributed by atoms with Crippen molar-refractivity contribution in [3.8, 4) is 5.75 Å². The summed E-state index contributed by atoms with van der Waals surface area (Å²) in [5.41, 5.74) is 3.13. The Hall–Kier alpha value is -2.27. The zero-order chi connectivity index (χ0) is 16.5. The summed E-state index contributed by atoms with van der Waals surface area (Å²) < 4.78 is 5.36. The molecule has 0 saturated carbocycles. The lowest BCUT2D eigenvalue weighted by Crippen LogP contribution is -2.43. The number of thiophene rings is 1. The average Bonchev–Trinajstić information content (AvgIpc) is 2.99. The minimum atomic E-state index is -0.199. The predicted molar refractivity (Wildman–Crippen MR) is 97.9 cm³/mol. The Morgan fingerprint density at radius 2 is 2.04 bits per heavy atom. The molecular weight excluding hydrogens is 320 g/mol. The largest absolute Gasteiger partial charge is 0.496 e. The normalized spacial score (nSPS) is 19.4. The van der Waals surface area contributed by atoms with Crippen molar-refractivity contribution in [3.05, 3.63) is 51.9 Å². The van der Waals surface area contributed by atoms with Crippen LogP contribution in [-0.2, 0) is 12.8 Å². The van der Waals surface area contributed by atoms with Crippen LogP contribution in [0.2, 0.25) is 0 Å². The molecule has 5 heteroatoms. The molecule has 0 spiro atoms. The summed E-state index contributed by atoms with van der Waals surface area (Å²) in [6, 6.07) is 7.84. The maximum absolute atomic E-state index is 12.6. The van der Waals surface area contributed by atoms with Crippen LogP contribution in [0.3, 0.4) is 0 Å². The van der Waals surface area contributed by atoms with Crippen LogP contribution in [-0.4, -0.2) is 19.2 Å². The quantitative estimate of drug-likeness (QED) is 0.893. The van der Waals surface area contributed by atoms with Gasteiger partial charge in [0.05, 0.1) is 12.7 Å². The zero-order valence-electron chi connectivity index (χ0n) is 13.6. The first kappa shape index (κ1) is 15.3. The molecule has 0 radical (unpaired) electrons. The summed E-state index contributed by atoms with van der Waals surface area (Å²) in [4.78, 5) is 13.9. The van der Waals surface area contributed by atoms with E-state index >= 15 is 0 Å². The Morgan fingerprint density at radius 3 is 2.92 bits per heavy atom. The highest BCUT2D eigenvalue weighted by molar-refractivity contribution is 7.16. The average molecular weight is 340 g/mol. The van der Waals surface area contributed by atoms with Gasteiger partial charge in [0.2, 0.25) is 0 Å². The van der Waals surface area contributed by atoms with Crippen molar-refractivity contribution in [1.82, 2.24) is 5.32 Å². The summed E-state index contributed by atoms with van der Waals surface area (Å²) >= 11 is 1.74. The molecule has 1 unspecified atom stereocenters. The van der Waals surface area contributed by atoms with Crippen LogP contribution < -0.4 is 15.4 Å². The molecule has 1 aromatic carbocycles. The molecule has 4 rings (SSSR count). The van der Waals surface area contributed by atoms with Crippen molar-refractivity contribution in [2.45, 2.75) is 31.8 Å². The van der Waals surface area contributed by atoms with Gasteiger partial charge in [-0.15, -0.1) is 11.3 Å². The van der Waals surface area contributed by atoms with Gasteiger partial charge in [-0.25, -0.2) is 0 Å². The maximum Gasteiger partial charge on any atom is 0.256 e. The second kappa shape index (κ2) is 6.32. The van der Waals surface area contributed by atoms with E-state index in [-0.39, 0.29) is 12.1 Å². The molecule has 1 atom stereocenters. The highest BCUT2D eigenvalue weighted by Gasteiger charge is 2.30. The number of anilines is 1. The smallest absolute Gasteiger partial charge is 0.256 e. The fraction of sp³-hybridized carbons (Fsp3) is 0.316. The van der Waals surface area contributed by atoms with Crippen LogP contribution >= 0.6 is 11.3 Å². The molecule has 1 aliphatic heterocycles. The van der Waals surface area contributed by atoms with Crippen LogP contribution in [0.15, 0.2) is 30.3 Å². The lowest BCUT2D eigenvalue weighted by atomic mass is 9.94. The SMILES string of the molecule is COc1ccccc1C=CC1NC(=O)c2c(sc3c2CCCC3)N1. The number of carbonyl (C=O) groups excluding carboxylic acids is 1. The van der Waals surface area contributed by atoms with E-state index in [1.165, 1.54) is 23.3 Å². The topological polar surface area (TPSA) is 50.4 Å². The van der Waals surface area contributed by atoms with E-state index in [1.54, 1.807) is 18.4 Å². The number of aryl methyl sites for hydroxylation is 1. The maximum atomic E-state index is 12.6. The van der Waals surface area contributed by atoms with Crippen LogP contribution in [0.4, 0.5) is 5.00 Å². The summed E-state index contributed by atoms with van der Waals surface area (Å²) in [6.45, 7) is 0. The molecule has 1 amide bonds. The minimum Gasteiger partial charge on any atom is -0.496 e. The fourth-order valence-electron chi connectivity index (χ4n) is 3.40. The summed E-state index contributed by atoms with van der Waals surface area (Å²) in [6.07, 6.45) is 8.29. The monoisotopic (exact) mass is 340 g/mol. The summed E-state index contributed by atoms with van der Waals surface area (Å²) in [5.74, 6) is 0.862. The Morgan fingerprint density at radius 1 is 1.21 bits per heavy atom. The molecule has 2 N–H and O–H groups in total. The molecular formula is C19H20N2O2S. The number of amides is 1. The van der Waals surface area contributed by atoms with Gasteiger partial charge in [0.25, 0.3) is 5.91 Å². The van der Waals surface area contributed by atoms with Gasteiger partial charge in [0, 0.05) is 10.4 Å². The van der Waals surface area contributed by atoms with Gasteiger partial charge < -0.3 is 15.4 Å². The lowest BCUT2D eigenvalue weighted by molar-refractivity contribution is 0.0943. The minimum absolute atomic E-state index is 0.0397. The molecule has 4 nitrogen and oxygen atoms in total. The Labute approximate surface area is 145 Å². The standard InChI is InChI=1S/C19H20N2O2S/c1-23-14-8-4-2-6-12(14)10-11-16-20-18(22)17-13-7-3-5-9-15(13)24-19(17)21-16/h2,4,6,8,10-11,16,21H,3,5,7,9H2,1H3,(H,20,22). The third kappa shape index (κ3) is 2.69. The number of hydrogen-bond donors (Lipinski definition) is 2. The molecule has 124 valence electrons. The zero-order valence-corrected chi connectivity index (χ0v) is 14.4. The first-order valence-electron chi connectivity index (χ1n) is 8.29. The van der Waals surface area contributed by atoms with E-state index in [4.69, 9.17) is 4.74 Å². The third-order valence-corrected chi connectivity index (χ3v) is 5.80. The van der Waals surface area contributed by atoms with Gasteiger partial charge in [-0.2, -0.15) is 0 Å². The highest BCUT2D eigenvalue weighted by Crippen LogP contribution is 2.39. The molecule has 2 heterocycles. The van der Waals surface area contributed by atoms with Gasteiger partial charge >= 0.3 is 0 Å². The predicted octanol–water partition coefficient (Wildman–Crippen LogP) is 3.83. The van der Waals surface area contributed by atoms with Crippen molar-refractivity contribution < 1.29 is 9.53 Å². The lowest BCUT2D eigenvalue weighted by Gasteiger charge is -2.24. The second-order valence-corrected chi connectivity index (χ2v) is 7.22. The van der Waals surface area contributed by atoms with Crippen molar-refractivity contribution >= 4 is 28.3 Å². The number of fused-ring (bicyclic) bond motifs is 3. The number of ether oxygens (including phenoxy) is 1. The van der Waals surface area contributed by atoms with Crippen molar-refractivity contribution in [3.63, 3.8) is 0 Å². The van der Waals surface area contributed by atoms with Gasteiger partial charge in [-0.1, -0.05) is 24.3 Å². The van der Waals surface area contributed by atoms with Crippen LogP contribution in [0.25, 0.3) is 6.08 Å². The van der Waals surface area contributed by atoms with E-state index in [0.717, 1.165) is 34.7 Å². The van der Waals surface area contributed by atoms with Gasteiger partial charge in [0.15, 0.2) is 0 Å². The first-order chi connectivity index (χ1) is 11.8. The molecule has 1 aromatic heterocycles. The van der Waals surface area contributed by atoms with Crippen LogP contribution in [0.1, 0.15) is 39.2 Å². The number of para-hydroxylation sites is 1. The molecule has 0 saturated heterocycles. The van der Waals surface area contributed by atoms with Crippen molar-refractivity contribution in [1.29, 1.82) is 0 Å². The van der Waals surface area contributed by atoms with Gasteiger partial charge in [-0.05, 0) is 43.4 Å². The van der Waals surface area contributed by atoms with Crippen molar-refractivity contribution in [2.75, 3.05) is 12.4 Å². The number of rotatable bonds is 3. The highest BCUT2D eigenvalue weighted by atomic mass is 32.1. The Balaban J connectivity index is 1.58. The third-order valence-electron chi connectivity index (χ3n) is 4.58. The van der Waals surface area contributed by atoms with Crippen LogP contribution in [0, 0.1) is 0 Å². The van der Waals surface area contributed by atoms with Crippen LogP contribution in [0.5, 0.6) is 5.75 Å². The number of hydrogen-bond acceptors (Lipinski definition) is 4. The summed E-state index contributed by atoms with van der Waals surface area (Å²) in [5, 5.41) is 7.51. The van der Waals surface area contributed by atoms with E-state index in [1.807, 2.05) is 36.4 Å². The molecule has 2 aliphatic rings. The van der Waals surface area contributed by atoms with Gasteiger partial charge in [0.1, 0.15) is 16.9 Å². The number of carbonyl (C=O) groups is 1. The Kier molecular flexibility index (Phi) is 4.02. The van der Waals surface area contributed by atoms with E-state index in [9.17, 15) is 4.79 Å².